The van der Waals surface area contributed by atoms with Gasteiger partial charge in [-0.15, -0.1) is 0 Å². The molecule has 160 valence electrons. The van der Waals surface area contributed by atoms with Gasteiger partial charge in [0.05, 0.1) is 29.4 Å². The number of fused-ring (bicyclic) bond motifs is 1. The number of hydrogen-bond donors (Lipinski definition) is 1. The maximum Gasteiger partial charge on any atom is 0.416 e. The van der Waals surface area contributed by atoms with Gasteiger partial charge in [0.2, 0.25) is 11.8 Å². The third kappa shape index (κ3) is 4.58. The van der Waals surface area contributed by atoms with Gasteiger partial charge < -0.3 is 15.1 Å². The smallest absolute Gasteiger partial charge is 0.376 e. The van der Waals surface area contributed by atoms with Gasteiger partial charge in [-0.1, -0.05) is 24.3 Å². The highest BCUT2D eigenvalue weighted by molar-refractivity contribution is 5.95. The molecule has 0 saturated carbocycles. The molecule has 8 heteroatoms. The van der Waals surface area contributed by atoms with Gasteiger partial charge in [-0.25, -0.2) is 0 Å². The molecule has 0 aliphatic carbocycles. The van der Waals surface area contributed by atoms with E-state index in [1.807, 2.05) is 24.3 Å². The summed E-state index contributed by atoms with van der Waals surface area (Å²) in [6, 6.07) is 10.4. The average Bonchev–Trinajstić information content (AvgIpc) is 2.67. The number of benzene rings is 2. The predicted molar refractivity (Wildman–Crippen MR) is 109 cm³/mol. The van der Waals surface area contributed by atoms with Crippen LogP contribution in [-0.4, -0.2) is 37.4 Å². The molecule has 2 amide bonds. The summed E-state index contributed by atoms with van der Waals surface area (Å²) in [6.07, 6.45) is -3.86. The van der Waals surface area contributed by atoms with E-state index in [4.69, 9.17) is 0 Å². The summed E-state index contributed by atoms with van der Waals surface area (Å²) < 4.78 is 39.4. The molecule has 1 N–H and O–H groups in total. The third-order valence-corrected chi connectivity index (χ3v) is 5.28. The number of hydrogen-bond acceptors (Lipinski definition) is 3. The summed E-state index contributed by atoms with van der Waals surface area (Å²) in [5.74, 6) is -0.597. The van der Waals surface area contributed by atoms with Crippen LogP contribution in [0.15, 0.2) is 42.5 Å². The van der Waals surface area contributed by atoms with Crippen LogP contribution in [0.3, 0.4) is 0 Å². The minimum atomic E-state index is -4.52. The first-order chi connectivity index (χ1) is 14.1. The molecule has 5 nitrogen and oxygen atoms in total. The standard InChI is InChI=1S/C22H24F3N3O2/c1-14(29)28-11-10-15-6-4-5-7-17(15)20(28)13-21(30)26-18-12-16(22(23,24)25)8-9-19(18)27(2)3/h4-9,12,20H,10-11,13H2,1-3H3,(H,26,30). The lowest BCUT2D eigenvalue weighted by atomic mass is 9.90. The summed E-state index contributed by atoms with van der Waals surface area (Å²) in [7, 11) is 3.38. The molecule has 0 bridgehead atoms. The van der Waals surface area contributed by atoms with Crippen LogP contribution in [0.5, 0.6) is 0 Å². The summed E-state index contributed by atoms with van der Waals surface area (Å²) >= 11 is 0. The Morgan fingerprint density at radius 2 is 1.87 bits per heavy atom. The monoisotopic (exact) mass is 419 g/mol. The predicted octanol–water partition coefficient (Wildman–Crippen LogP) is 4.25. The molecule has 0 aromatic heterocycles. The number of carbonyl (C=O) groups excluding carboxylic acids is 2. The molecule has 2 aromatic rings. The van der Waals surface area contributed by atoms with Crippen molar-refractivity contribution in [3.05, 3.63) is 59.2 Å². The van der Waals surface area contributed by atoms with Gasteiger partial charge in [0.15, 0.2) is 0 Å². The number of amides is 2. The van der Waals surface area contributed by atoms with Crippen molar-refractivity contribution < 1.29 is 22.8 Å². The van der Waals surface area contributed by atoms with Gasteiger partial charge in [-0.2, -0.15) is 13.2 Å². The lowest BCUT2D eigenvalue weighted by molar-refractivity contribution is -0.137. The summed E-state index contributed by atoms with van der Waals surface area (Å²) in [4.78, 5) is 28.2. The SMILES string of the molecule is CC(=O)N1CCc2ccccc2C1CC(=O)Nc1cc(C(F)(F)F)ccc1N(C)C. The van der Waals surface area contributed by atoms with E-state index < -0.39 is 23.7 Å². The zero-order valence-electron chi connectivity index (χ0n) is 17.1. The van der Waals surface area contributed by atoms with Crippen molar-refractivity contribution in [2.24, 2.45) is 0 Å². The number of carbonyl (C=O) groups is 2. The van der Waals surface area contributed by atoms with Gasteiger partial charge in [-0.3, -0.25) is 9.59 Å². The first kappa shape index (κ1) is 21.7. The summed E-state index contributed by atoms with van der Waals surface area (Å²) in [5.41, 5.74) is 1.67. The molecule has 0 spiro atoms. The molecule has 3 rings (SSSR count). The molecule has 1 unspecified atom stereocenters. The number of halogens is 3. The molecule has 1 atom stereocenters. The Hall–Kier alpha value is -3.03. The van der Waals surface area contributed by atoms with Crippen LogP contribution < -0.4 is 10.2 Å². The Balaban J connectivity index is 1.88. The molecule has 30 heavy (non-hydrogen) atoms. The van der Waals surface area contributed by atoms with Crippen LogP contribution >= 0.6 is 0 Å². The molecular formula is C22H24F3N3O2. The Kier molecular flexibility index (Phi) is 6.05. The van der Waals surface area contributed by atoms with E-state index in [-0.39, 0.29) is 18.0 Å². The maximum absolute atomic E-state index is 13.1. The second-order valence-electron chi connectivity index (χ2n) is 7.55. The zero-order valence-corrected chi connectivity index (χ0v) is 17.1. The highest BCUT2D eigenvalue weighted by Crippen LogP contribution is 2.36. The molecule has 0 saturated heterocycles. The van der Waals surface area contributed by atoms with E-state index in [9.17, 15) is 22.8 Å². The lowest BCUT2D eigenvalue weighted by Crippen LogP contribution is -2.40. The van der Waals surface area contributed by atoms with Crippen LogP contribution in [-0.2, 0) is 22.2 Å². The Bertz CT molecular complexity index is 957. The Morgan fingerprint density at radius 1 is 1.17 bits per heavy atom. The van der Waals surface area contributed by atoms with Crippen molar-refractivity contribution >= 4 is 23.2 Å². The average molecular weight is 419 g/mol. The molecule has 1 aliphatic rings. The number of rotatable bonds is 4. The first-order valence-electron chi connectivity index (χ1n) is 9.61. The maximum atomic E-state index is 13.1. The molecule has 1 heterocycles. The third-order valence-electron chi connectivity index (χ3n) is 5.28. The van der Waals surface area contributed by atoms with Crippen LogP contribution in [0.1, 0.15) is 36.1 Å². The van der Waals surface area contributed by atoms with Crippen molar-refractivity contribution in [1.82, 2.24) is 4.90 Å². The van der Waals surface area contributed by atoms with E-state index in [1.54, 1.807) is 23.9 Å². The van der Waals surface area contributed by atoms with Crippen molar-refractivity contribution in [2.45, 2.75) is 32.0 Å². The number of nitrogens with one attached hydrogen (secondary N) is 1. The molecule has 2 aromatic carbocycles. The summed E-state index contributed by atoms with van der Waals surface area (Å²) in [5, 5.41) is 2.62. The largest absolute Gasteiger partial charge is 0.416 e. The van der Waals surface area contributed by atoms with Gasteiger partial charge in [0.1, 0.15) is 0 Å². The van der Waals surface area contributed by atoms with Gasteiger partial charge in [-0.05, 0) is 35.7 Å². The quantitative estimate of drug-likeness (QED) is 0.806. The second-order valence-corrected chi connectivity index (χ2v) is 7.55. The number of nitrogens with zero attached hydrogens (tertiary/aromatic N) is 2. The van der Waals surface area contributed by atoms with Crippen molar-refractivity contribution in [3.8, 4) is 0 Å². The van der Waals surface area contributed by atoms with Crippen LogP contribution in [0.2, 0.25) is 0 Å². The first-order valence-corrected chi connectivity index (χ1v) is 9.61. The van der Waals surface area contributed by atoms with E-state index >= 15 is 0 Å². The van der Waals surface area contributed by atoms with Gasteiger partial charge >= 0.3 is 6.18 Å². The normalized spacial score (nSPS) is 16.1. The highest BCUT2D eigenvalue weighted by atomic mass is 19.4. The topological polar surface area (TPSA) is 52.7 Å². The molecular weight excluding hydrogens is 395 g/mol. The van der Waals surface area contributed by atoms with E-state index in [0.717, 1.165) is 23.3 Å². The number of alkyl halides is 3. The fourth-order valence-electron chi connectivity index (χ4n) is 3.83. The highest BCUT2D eigenvalue weighted by Gasteiger charge is 2.33. The minimum absolute atomic E-state index is 0.0420. The fourth-order valence-corrected chi connectivity index (χ4v) is 3.83. The lowest BCUT2D eigenvalue weighted by Gasteiger charge is -2.36. The van der Waals surface area contributed by atoms with E-state index in [0.29, 0.717) is 18.7 Å². The van der Waals surface area contributed by atoms with Crippen LogP contribution in [0.4, 0.5) is 24.5 Å². The molecule has 0 fully saturated rings. The van der Waals surface area contributed by atoms with Crippen molar-refractivity contribution in [1.29, 1.82) is 0 Å². The number of anilines is 2. The fraction of sp³-hybridized carbons (Fsp3) is 0.364. The Labute approximate surface area is 173 Å². The second kappa shape index (κ2) is 8.38. The van der Waals surface area contributed by atoms with Crippen LogP contribution in [0, 0.1) is 0 Å². The minimum Gasteiger partial charge on any atom is -0.376 e. The van der Waals surface area contributed by atoms with Crippen molar-refractivity contribution in [3.63, 3.8) is 0 Å². The van der Waals surface area contributed by atoms with Crippen LogP contribution in [0.25, 0.3) is 0 Å². The summed E-state index contributed by atoms with van der Waals surface area (Å²) in [6.45, 7) is 1.95. The zero-order chi connectivity index (χ0) is 22.1. The van der Waals surface area contributed by atoms with E-state index in [1.165, 1.54) is 13.0 Å². The molecule has 1 aliphatic heterocycles. The Morgan fingerprint density at radius 3 is 2.50 bits per heavy atom. The van der Waals surface area contributed by atoms with E-state index in [2.05, 4.69) is 5.32 Å². The van der Waals surface area contributed by atoms with Gasteiger partial charge in [0, 0.05) is 27.6 Å². The van der Waals surface area contributed by atoms with Gasteiger partial charge in [0.25, 0.3) is 0 Å². The van der Waals surface area contributed by atoms with Crippen molar-refractivity contribution in [2.75, 3.05) is 30.9 Å². The molecule has 0 radical (unpaired) electrons.